The van der Waals surface area contributed by atoms with Crippen molar-refractivity contribution < 1.29 is 19.4 Å². The number of aromatic nitrogens is 1. The van der Waals surface area contributed by atoms with E-state index >= 15 is 0 Å². The highest BCUT2D eigenvalue weighted by Gasteiger charge is 2.18. The molecular formula is C30H48BN5O4. The molecule has 0 spiro atoms. The largest absolute Gasteiger partial charge is 0.392 e. The van der Waals surface area contributed by atoms with Crippen LogP contribution in [0.2, 0.25) is 0 Å². The number of hydrogen-bond donors (Lipinski definition) is 3. The summed E-state index contributed by atoms with van der Waals surface area (Å²) < 4.78 is 5.37. The molecule has 2 aliphatic heterocycles. The second kappa shape index (κ2) is 19.5. The Morgan fingerprint density at radius 2 is 1.80 bits per heavy atom. The van der Waals surface area contributed by atoms with E-state index in [4.69, 9.17) is 17.7 Å². The van der Waals surface area contributed by atoms with Crippen LogP contribution in [0.3, 0.4) is 0 Å². The number of aldehydes is 1. The molecule has 1 aromatic carbocycles. The summed E-state index contributed by atoms with van der Waals surface area (Å²) in [6.45, 7) is 12.1. The lowest BCUT2D eigenvalue weighted by atomic mass is 9.92. The zero-order valence-electron chi connectivity index (χ0n) is 24.9. The van der Waals surface area contributed by atoms with E-state index in [9.17, 15) is 9.59 Å². The Morgan fingerprint density at radius 1 is 1.15 bits per heavy atom. The van der Waals surface area contributed by atoms with Crippen molar-refractivity contribution in [2.75, 3.05) is 60.0 Å². The van der Waals surface area contributed by atoms with E-state index in [-0.39, 0.29) is 17.6 Å². The Bertz CT molecular complexity index is 957. The number of pyridine rings is 1. The fraction of sp³-hybridized carbons (Fsp3) is 0.567. The van der Waals surface area contributed by atoms with Crippen molar-refractivity contribution in [3.05, 3.63) is 48.2 Å². The van der Waals surface area contributed by atoms with Crippen molar-refractivity contribution in [3.8, 4) is 11.1 Å². The SMILES string of the molecule is CC(C)(C)CC=O.CN.CN1CCC(O)C1.[B]c1ncccc1-c1ccc(C(CN2CCOCC2)NC=O)cc1. The summed E-state index contributed by atoms with van der Waals surface area (Å²) in [5.74, 6) is 0. The molecule has 2 fully saturated rings. The average molecular weight is 554 g/mol. The molecule has 3 heterocycles. The normalized spacial score (nSPS) is 18.0. The van der Waals surface area contributed by atoms with Gasteiger partial charge < -0.3 is 30.6 Å². The fourth-order valence-corrected chi connectivity index (χ4v) is 4.10. The van der Waals surface area contributed by atoms with Gasteiger partial charge in [0.05, 0.1) is 25.4 Å². The number of ether oxygens (including phenoxy) is 1. The lowest BCUT2D eigenvalue weighted by Gasteiger charge is -2.30. The summed E-state index contributed by atoms with van der Waals surface area (Å²) >= 11 is 0. The minimum atomic E-state index is -0.0509. The third kappa shape index (κ3) is 14.1. The number of aliphatic hydroxyl groups excluding tert-OH is 1. The molecule has 4 rings (SSSR count). The van der Waals surface area contributed by atoms with Gasteiger partial charge in [0.2, 0.25) is 6.41 Å². The van der Waals surface area contributed by atoms with Crippen LogP contribution in [0.4, 0.5) is 0 Å². The van der Waals surface area contributed by atoms with Crippen molar-refractivity contribution in [1.82, 2.24) is 20.1 Å². The molecule has 0 bridgehead atoms. The molecule has 2 radical (unpaired) electrons. The number of rotatable bonds is 7. The first-order chi connectivity index (χ1) is 19.1. The summed E-state index contributed by atoms with van der Waals surface area (Å²) in [6, 6.07) is 11.9. The number of nitrogens with two attached hydrogens (primary N) is 1. The second-order valence-corrected chi connectivity index (χ2v) is 10.9. The molecule has 4 N–H and O–H groups in total. The number of β-amino-alcohol motifs (C(OH)–C–C–N with tert-alkyl or cyclic N) is 1. The topological polar surface area (TPSA) is 121 Å². The van der Waals surface area contributed by atoms with Crippen molar-refractivity contribution in [2.24, 2.45) is 11.1 Å². The summed E-state index contributed by atoms with van der Waals surface area (Å²) in [7, 11) is 9.46. The Hall–Kier alpha value is -2.63. The number of carbonyl (C=O) groups excluding carboxylic acids is 2. The van der Waals surface area contributed by atoms with Gasteiger partial charge in [-0.05, 0) is 54.3 Å². The minimum Gasteiger partial charge on any atom is -0.392 e. The number of likely N-dealkylation sites (tertiary alicyclic amines) is 1. The maximum absolute atomic E-state index is 11.0. The van der Waals surface area contributed by atoms with Crippen LogP contribution >= 0.6 is 0 Å². The highest BCUT2D eigenvalue weighted by Crippen LogP contribution is 2.21. The van der Waals surface area contributed by atoms with E-state index in [0.717, 1.165) is 81.7 Å². The number of benzene rings is 1. The van der Waals surface area contributed by atoms with Crippen LogP contribution < -0.4 is 16.6 Å². The summed E-state index contributed by atoms with van der Waals surface area (Å²) in [5, 5.41) is 11.8. The van der Waals surface area contributed by atoms with E-state index in [0.29, 0.717) is 12.0 Å². The van der Waals surface area contributed by atoms with Crippen LogP contribution in [0.5, 0.6) is 0 Å². The van der Waals surface area contributed by atoms with Gasteiger partial charge >= 0.3 is 0 Å². The molecule has 220 valence electrons. The second-order valence-electron chi connectivity index (χ2n) is 10.9. The Labute approximate surface area is 241 Å². The van der Waals surface area contributed by atoms with E-state index in [2.05, 4.69) is 25.8 Å². The van der Waals surface area contributed by atoms with Gasteiger partial charge in [-0.1, -0.05) is 51.1 Å². The standard InChI is InChI=1S/C18H20BN3O2.C6H12O.C5H11NO.CH5N/c19-18-16(2-1-7-20-18)14-3-5-15(6-4-14)17(21-13-23)12-22-8-10-24-11-9-22;1-6(2,3)4-5-7;1-6-3-2-5(7)4-6;1-2/h1-7,13,17H,8-12H2,(H,21,23);5H,4H2,1-3H3;5,7H,2-4H2,1H3;2H2,1H3. The predicted octanol–water partition coefficient (Wildman–Crippen LogP) is 1.54. The van der Waals surface area contributed by atoms with Crippen LogP contribution in [0, 0.1) is 5.41 Å². The molecule has 10 heteroatoms. The van der Waals surface area contributed by atoms with Gasteiger partial charge in [0.15, 0.2) is 0 Å². The van der Waals surface area contributed by atoms with Gasteiger partial charge in [0, 0.05) is 45.3 Å². The van der Waals surface area contributed by atoms with Gasteiger partial charge in [-0.2, -0.15) is 0 Å². The molecule has 2 saturated heterocycles. The molecule has 40 heavy (non-hydrogen) atoms. The Morgan fingerprint density at radius 3 is 2.23 bits per heavy atom. The van der Waals surface area contributed by atoms with Crippen LogP contribution in [-0.2, 0) is 14.3 Å². The van der Waals surface area contributed by atoms with Crippen molar-refractivity contribution in [2.45, 2.75) is 45.8 Å². The molecule has 1 amide bonds. The first-order valence-electron chi connectivity index (χ1n) is 13.8. The molecule has 2 aromatic rings. The quantitative estimate of drug-likeness (QED) is 0.349. The molecule has 2 atom stereocenters. The smallest absolute Gasteiger partial charge is 0.207 e. The number of hydrogen-bond acceptors (Lipinski definition) is 8. The zero-order chi connectivity index (χ0) is 30.0. The number of likely N-dealkylation sites (N-methyl/N-ethyl adjacent to an activating group) is 1. The highest BCUT2D eigenvalue weighted by molar-refractivity contribution is 6.34. The first-order valence-corrected chi connectivity index (χ1v) is 13.8. The van der Waals surface area contributed by atoms with Gasteiger partial charge in [-0.15, -0.1) is 0 Å². The summed E-state index contributed by atoms with van der Waals surface area (Å²) in [4.78, 5) is 29.4. The van der Waals surface area contributed by atoms with Gasteiger partial charge in [-0.3, -0.25) is 14.7 Å². The average Bonchev–Trinajstić information content (AvgIpc) is 3.33. The third-order valence-electron chi connectivity index (χ3n) is 6.34. The van der Waals surface area contributed by atoms with Crippen LogP contribution in [0.25, 0.3) is 11.1 Å². The zero-order valence-corrected chi connectivity index (χ0v) is 24.9. The Balaban J connectivity index is 0.000000409. The van der Waals surface area contributed by atoms with Crippen LogP contribution in [-0.4, -0.2) is 107 Å². The summed E-state index contributed by atoms with van der Waals surface area (Å²) in [6.07, 6.45) is 4.96. The van der Waals surface area contributed by atoms with Crippen molar-refractivity contribution in [3.63, 3.8) is 0 Å². The van der Waals surface area contributed by atoms with E-state index in [1.165, 1.54) is 7.05 Å². The minimum absolute atomic E-state index is 0.0408. The van der Waals surface area contributed by atoms with Gasteiger partial charge in [0.1, 0.15) is 14.1 Å². The van der Waals surface area contributed by atoms with Gasteiger partial charge in [0.25, 0.3) is 0 Å². The fourth-order valence-electron chi connectivity index (χ4n) is 4.10. The molecule has 0 saturated carbocycles. The van der Waals surface area contributed by atoms with Gasteiger partial charge in [-0.25, -0.2) is 0 Å². The van der Waals surface area contributed by atoms with E-state index in [1.807, 2.05) is 64.2 Å². The molecule has 2 unspecified atom stereocenters. The number of aliphatic hydroxyl groups is 1. The molecule has 1 aromatic heterocycles. The van der Waals surface area contributed by atoms with Crippen molar-refractivity contribution >= 4 is 26.1 Å². The number of carbonyl (C=O) groups is 2. The highest BCUT2D eigenvalue weighted by atomic mass is 16.5. The van der Waals surface area contributed by atoms with Crippen molar-refractivity contribution in [1.29, 1.82) is 0 Å². The number of nitrogens with zero attached hydrogens (tertiary/aromatic N) is 3. The molecule has 2 aliphatic rings. The monoisotopic (exact) mass is 553 g/mol. The van der Waals surface area contributed by atoms with E-state index in [1.54, 1.807) is 6.20 Å². The number of amides is 1. The first kappa shape index (κ1) is 35.4. The Kier molecular flexibility index (Phi) is 17.2. The van der Waals surface area contributed by atoms with Crippen LogP contribution in [0.15, 0.2) is 42.6 Å². The maximum atomic E-state index is 11.0. The number of morpholine rings is 1. The lowest BCUT2D eigenvalue weighted by molar-refractivity contribution is -0.110. The molecule has 9 nitrogen and oxygen atoms in total. The number of nitrogens with one attached hydrogen (secondary N) is 1. The molecule has 0 aliphatic carbocycles. The maximum Gasteiger partial charge on any atom is 0.207 e. The predicted molar refractivity (Wildman–Crippen MR) is 163 cm³/mol. The summed E-state index contributed by atoms with van der Waals surface area (Å²) in [5.41, 5.74) is 8.19. The third-order valence-corrected chi connectivity index (χ3v) is 6.34. The van der Waals surface area contributed by atoms with Crippen LogP contribution in [0.1, 0.15) is 45.2 Å². The lowest BCUT2D eigenvalue weighted by Crippen LogP contribution is -2.41. The molecular weight excluding hydrogens is 505 g/mol. The van der Waals surface area contributed by atoms with E-state index < -0.39 is 0 Å².